The molecule has 10 nitrogen and oxygen atoms in total. The number of nitrogens with one attached hydrogen (secondary N) is 1. The van der Waals surface area contributed by atoms with Crippen LogP contribution in [-0.4, -0.2) is 26.6 Å². The Labute approximate surface area is 151 Å². The molecule has 27 heavy (non-hydrogen) atoms. The predicted octanol–water partition coefficient (Wildman–Crippen LogP) is 2.21. The summed E-state index contributed by atoms with van der Waals surface area (Å²) < 4.78 is 0. The highest BCUT2D eigenvalue weighted by Gasteiger charge is 2.39. The van der Waals surface area contributed by atoms with Crippen LogP contribution in [0.1, 0.15) is 17.2 Å². The van der Waals surface area contributed by atoms with Crippen LogP contribution in [0.2, 0.25) is 0 Å². The minimum Gasteiger partial charge on any atom is -0.507 e. The molecular weight excluding hydrogens is 358 g/mol. The third kappa shape index (κ3) is 3.23. The minimum absolute atomic E-state index is 0.118. The molecule has 1 saturated heterocycles. The fourth-order valence-corrected chi connectivity index (χ4v) is 2.70. The summed E-state index contributed by atoms with van der Waals surface area (Å²) in [6, 6.07) is 8.97. The van der Waals surface area contributed by atoms with Crippen molar-refractivity contribution < 1.29 is 24.5 Å². The number of amides is 1. The Morgan fingerprint density at radius 3 is 1.85 bits per heavy atom. The van der Waals surface area contributed by atoms with Gasteiger partial charge in [0.25, 0.3) is 23.1 Å². The number of benzene rings is 2. The van der Waals surface area contributed by atoms with Crippen LogP contribution < -0.4 is 5.32 Å². The van der Waals surface area contributed by atoms with E-state index >= 15 is 0 Å². The number of nitrogens with zero attached hydrogens (tertiary/aromatic N) is 2. The maximum absolute atomic E-state index is 12.2. The van der Waals surface area contributed by atoms with Gasteiger partial charge in [-0.05, 0) is 29.8 Å². The summed E-state index contributed by atoms with van der Waals surface area (Å²) in [7, 11) is 0. The van der Waals surface area contributed by atoms with Crippen LogP contribution in [0.3, 0.4) is 0 Å². The van der Waals surface area contributed by atoms with Crippen molar-refractivity contribution in [2.45, 2.75) is 6.04 Å². The standard InChI is InChI=1S/C17H11N3O7/c21-15(10-3-7-12(8-4-10)20(26)27)13-14(18-17(23)16(13)22)9-1-5-11(6-2-9)19(24)25/h1-8,14,21H,(H,18,23)/b15-13+. The molecule has 10 heteroatoms. The number of hydrogen-bond acceptors (Lipinski definition) is 7. The van der Waals surface area contributed by atoms with E-state index in [-0.39, 0.29) is 22.5 Å². The first-order valence-electron chi connectivity index (χ1n) is 7.57. The van der Waals surface area contributed by atoms with Crippen molar-refractivity contribution in [3.63, 3.8) is 0 Å². The lowest BCUT2D eigenvalue weighted by atomic mass is 9.95. The van der Waals surface area contributed by atoms with Crippen LogP contribution in [-0.2, 0) is 9.59 Å². The van der Waals surface area contributed by atoms with E-state index in [0.717, 1.165) is 12.1 Å². The Hall–Kier alpha value is -4.08. The summed E-state index contributed by atoms with van der Waals surface area (Å²) in [4.78, 5) is 44.3. The summed E-state index contributed by atoms with van der Waals surface area (Å²) in [5.74, 6) is -2.38. The molecular formula is C17H11N3O7. The van der Waals surface area contributed by atoms with Gasteiger partial charge >= 0.3 is 0 Å². The van der Waals surface area contributed by atoms with Gasteiger partial charge in [0.2, 0.25) is 0 Å². The molecule has 1 atom stereocenters. The van der Waals surface area contributed by atoms with Gasteiger partial charge in [-0.15, -0.1) is 0 Å². The van der Waals surface area contributed by atoms with Crippen LogP contribution in [0, 0.1) is 20.2 Å². The number of nitro benzene ring substituents is 2. The highest BCUT2D eigenvalue weighted by atomic mass is 16.6. The van der Waals surface area contributed by atoms with Crippen LogP contribution in [0.4, 0.5) is 11.4 Å². The average Bonchev–Trinajstić information content (AvgIpc) is 2.96. The van der Waals surface area contributed by atoms with Crippen molar-refractivity contribution in [3.8, 4) is 0 Å². The number of nitro groups is 2. The summed E-state index contributed by atoms with van der Waals surface area (Å²) in [6.45, 7) is 0. The summed E-state index contributed by atoms with van der Waals surface area (Å²) in [6.07, 6.45) is 0. The molecule has 0 saturated carbocycles. The maximum Gasteiger partial charge on any atom is 0.293 e. The highest BCUT2D eigenvalue weighted by molar-refractivity contribution is 6.46. The van der Waals surface area contributed by atoms with E-state index in [9.17, 15) is 34.9 Å². The molecule has 136 valence electrons. The minimum atomic E-state index is -0.999. The number of carbonyl (C=O) groups excluding carboxylic acids is 2. The molecule has 0 spiro atoms. The molecule has 0 aromatic heterocycles. The largest absolute Gasteiger partial charge is 0.507 e. The van der Waals surface area contributed by atoms with E-state index in [1.165, 1.54) is 36.4 Å². The van der Waals surface area contributed by atoms with Crippen LogP contribution in [0.25, 0.3) is 5.76 Å². The van der Waals surface area contributed by atoms with E-state index in [0.29, 0.717) is 5.56 Å². The fourth-order valence-electron chi connectivity index (χ4n) is 2.70. The van der Waals surface area contributed by atoms with Crippen LogP contribution in [0.5, 0.6) is 0 Å². The first-order valence-corrected chi connectivity index (χ1v) is 7.57. The van der Waals surface area contributed by atoms with Gasteiger partial charge in [-0.25, -0.2) is 0 Å². The lowest BCUT2D eigenvalue weighted by Crippen LogP contribution is -2.21. The molecule has 2 N–H and O–H groups in total. The number of rotatable bonds is 4. The molecule has 1 aliphatic rings. The van der Waals surface area contributed by atoms with Crippen molar-refractivity contribution in [2.75, 3.05) is 0 Å². The van der Waals surface area contributed by atoms with E-state index in [1.54, 1.807) is 0 Å². The Morgan fingerprint density at radius 2 is 1.37 bits per heavy atom. The van der Waals surface area contributed by atoms with Gasteiger partial charge in [-0.1, -0.05) is 0 Å². The van der Waals surface area contributed by atoms with E-state index in [4.69, 9.17) is 0 Å². The second kappa shape index (κ2) is 6.67. The third-order valence-electron chi connectivity index (χ3n) is 4.06. The quantitative estimate of drug-likeness (QED) is 0.275. The van der Waals surface area contributed by atoms with Gasteiger partial charge in [0.1, 0.15) is 5.76 Å². The molecule has 0 radical (unpaired) electrons. The summed E-state index contributed by atoms with van der Waals surface area (Å²) >= 11 is 0. The molecule has 1 amide bonds. The molecule has 2 aromatic carbocycles. The zero-order chi connectivity index (χ0) is 19.7. The highest BCUT2D eigenvalue weighted by Crippen LogP contribution is 2.33. The van der Waals surface area contributed by atoms with Gasteiger partial charge in [-0.3, -0.25) is 29.8 Å². The smallest absolute Gasteiger partial charge is 0.293 e. The fraction of sp³-hybridized carbons (Fsp3) is 0.0588. The topological polar surface area (TPSA) is 153 Å². The lowest BCUT2D eigenvalue weighted by Gasteiger charge is -2.13. The molecule has 0 aliphatic carbocycles. The second-order valence-electron chi connectivity index (χ2n) is 5.65. The number of Topliss-reactive ketones (excluding diaryl/α,β-unsaturated/α-hetero) is 1. The van der Waals surface area contributed by atoms with Gasteiger partial charge in [-0.2, -0.15) is 0 Å². The van der Waals surface area contributed by atoms with Crippen molar-refractivity contribution >= 4 is 28.8 Å². The SMILES string of the molecule is O=C1NC(c2ccc([N+](=O)[O-])cc2)/C(=C(\O)c2ccc([N+](=O)[O-])cc2)C1=O. The Bertz CT molecular complexity index is 994. The summed E-state index contributed by atoms with van der Waals surface area (Å²) in [5.41, 5.74) is -0.117. The zero-order valence-electron chi connectivity index (χ0n) is 13.5. The normalized spacial score (nSPS) is 18.1. The second-order valence-corrected chi connectivity index (χ2v) is 5.65. The summed E-state index contributed by atoms with van der Waals surface area (Å²) in [5, 5.41) is 34.4. The molecule has 3 rings (SSSR count). The van der Waals surface area contributed by atoms with Crippen molar-refractivity contribution in [1.82, 2.24) is 5.32 Å². The molecule has 0 bridgehead atoms. The Morgan fingerprint density at radius 1 is 0.889 bits per heavy atom. The average molecular weight is 369 g/mol. The number of aliphatic hydroxyl groups is 1. The molecule has 1 aliphatic heterocycles. The number of ketones is 1. The third-order valence-corrected chi connectivity index (χ3v) is 4.06. The first-order chi connectivity index (χ1) is 12.8. The van der Waals surface area contributed by atoms with Crippen molar-refractivity contribution in [2.24, 2.45) is 0 Å². The Kier molecular flexibility index (Phi) is 4.38. The Balaban J connectivity index is 2.05. The number of carbonyl (C=O) groups is 2. The number of hydrogen-bond donors (Lipinski definition) is 2. The molecule has 2 aromatic rings. The van der Waals surface area contributed by atoms with E-state index in [2.05, 4.69) is 5.32 Å². The van der Waals surface area contributed by atoms with Crippen molar-refractivity contribution in [1.29, 1.82) is 0 Å². The first kappa shape index (κ1) is 17.7. The monoisotopic (exact) mass is 369 g/mol. The molecule has 1 heterocycles. The number of aliphatic hydroxyl groups excluding tert-OH is 1. The predicted molar refractivity (Wildman–Crippen MR) is 91.6 cm³/mol. The van der Waals surface area contributed by atoms with Crippen molar-refractivity contribution in [3.05, 3.63) is 85.5 Å². The van der Waals surface area contributed by atoms with Gasteiger partial charge < -0.3 is 10.4 Å². The van der Waals surface area contributed by atoms with Gasteiger partial charge in [0.15, 0.2) is 0 Å². The van der Waals surface area contributed by atoms with Gasteiger partial charge in [0, 0.05) is 29.8 Å². The molecule has 1 unspecified atom stereocenters. The van der Waals surface area contributed by atoms with Crippen LogP contribution in [0.15, 0.2) is 54.1 Å². The van der Waals surface area contributed by atoms with Crippen LogP contribution >= 0.6 is 0 Å². The van der Waals surface area contributed by atoms with E-state index < -0.39 is 33.3 Å². The zero-order valence-corrected chi connectivity index (χ0v) is 13.5. The van der Waals surface area contributed by atoms with Gasteiger partial charge in [0.05, 0.1) is 21.5 Å². The lowest BCUT2D eigenvalue weighted by molar-refractivity contribution is -0.385. The number of non-ortho nitro benzene ring substituents is 2. The maximum atomic E-state index is 12.2. The van der Waals surface area contributed by atoms with E-state index in [1.807, 2.05) is 0 Å². The molecule has 1 fully saturated rings.